The lowest BCUT2D eigenvalue weighted by atomic mass is 9.92. The molecule has 0 amide bonds. The Morgan fingerprint density at radius 1 is 0.632 bits per heavy atom. The second-order valence-electron chi connectivity index (χ2n) is 15.7. The van der Waals surface area contributed by atoms with Gasteiger partial charge in [0.25, 0.3) is 0 Å². The molecular formula is C48H52BrClN8O10. The lowest BCUT2D eigenvalue weighted by molar-refractivity contribution is -0.140. The molecule has 0 spiro atoms. The molecule has 4 heterocycles. The van der Waals surface area contributed by atoms with Gasteiger partial charge >= 0.3 is 11.9 Å². The molecule has 68 heavy (non-hydrogen) atoms. The molecule has 0 aliphatic rings. The Labute approximate surface area is 406 Å². The molecule has 0 bridgehead atoms. The summed E-state index contributed by atoms with van der Waals surface area (Å²) in [6.45, 7) is 5.46. The summed E-state index contributed by atoms with van der Waals surface area (Å²) in [5.74, 6) is -1.13. The van der Waals surface area contributed by atoms with E-state index in [1.807, 2.05) is 50.2 Å². The van der Waals surface area contributed by atoms with Crippen LogP contribution in [0.4, 0.5) is 0 Å². The summed E-state index contributed by atoms with van der Waals surface area (Å²) >= 11 is 10.3. The Balaban J connectivity index is 1.15. The summed E-state index contributed by atoms with van der Waals surface area (Å²) in [6, 6.07) is 15.5. The Morgan fingerprint density at radius 2 is 1.07 bits per heavy atom. The van der Waals surface area contributed by atoms with E-state index in [2.05, 4.69) is 57.5 Å². The second-order valence-corrected chi connectivity index (χ2v) is 17.0. The Kier molecular flexibility index (Phi) is 19.3. The Morgan fingerprint density at radius 3 is 1.54 bits per heavy atom. The third-order valence-electron chi connectivity index (χ3n) is 10.6. The third kappa shape index (κ3) is 15.3. The number of nitrogens with one attached hydrogen (secondary N) is 2. The van der Waals surface area contributed by atoms with Crippen LogP contribution < -0.4 is 29.6 Å². The molecule has 358 valence electrons. The summed E-state index contributed by atoms with van der Waals surface area (Å²) in [6.07, 6.45) is 7.86. The number of rotatable bonds is 27. The molecule has 20 heteroatoms. The highest BCUT2D eigenvalue weighted by Crippen LogP contribution is 2.35. The third-order valence-corrected chi connectivity index (χ3v) is 11.4. The van der Waals surface area contributed by atoms with E-state index in [1.165, 1.54) is 12.7 Å². The van der Waals surface area contributed by atoms with Gasteiger partial charge in [-0.1, -0.05) is 48.0 Å². The molecule has 0 saturated carbocycles. The number of carboxylic acids is 2. The van der Waals surface area contributed by atoms with E-state index in [1.54, 1.807) is 30.9 Å². The number of hydrogen-bond acceptors (Lipinski definition) is 16. The van der Waals surface area contributed by atoms with Crippen LogP contribution in [0.1, 0.15) is 57.3 Å². The van der Waals surface area contributed by atoms with E-state index in [-0.39, 0.29) is 75.8 Å². The van der Waals surface area contributed by atoms with Crippen LogP contribution in [0, 0.1) is 13.8 Å². The average molecular weight is 1020 g/mol. The van der Waals surface area contributed by atoms with Crippen LogP contribution in [0.15, 0.2) is 90.4 Å². The number of ether oxygens (including phenoxy) is 4. The number of carboxylic acid groups (broad SMARTS) is 2. The van der Waals surface area contributed by atoms with Crippen LogP contribution in [-0.2, 0) is 48.7 Å². The number of aliphatic hydroxyl groups is 2. The number of aliphatic carboxylic acids is 2. The molecule has 2 atom stereocenters. The Hall–Kier alpha value is -6.35. The van der Waals surface area contributed by atoms with E-state index >= 15 is 0 Å². The molecule has 18 nitrogen and oxygen atoms in total. The maximum absolute atomic E-state index is 11.0. The van der Waals surface area contributed by atoms with Gasteiger partial charge < -0.3 is 50.0 Å². The maximum Gasteiger partial charge on any atom is 0.306 e. The van der Waals surface area contributed by atoms with Crippen LogP contribution in [-0.4, -0.2) is 101 Å². The highest BCUT2D eigenvalue weighted by molar-refractivity contribution is 9.10. The summed E-state index contributed by atoms with van der Waals surface area (Å²) in [5.41, 5.74) is 8.84. The van der Waals surface area contributed by atoms with Crippen molar-refractivity contribution in [1.82, 2.24) is 40.5 Å². The van der Waals surface area contributed by atoms with E-state index in [0.29, 0.717) is 40.2 Å². The van der Waals surface area contributed by atoms with Crippen molar-refractivity contribution in [2.45, 2.75) is 78.0 Å². The van der Waals surface area contributed by atoms with E-state index in [4.69, 9.17) is 45.7 Å². The fourth-order valence-corrected chi connectivity index (χ4v) is 7.70. The monoisotopic (exact) mass is 1010 g/mol. The van der Waals surface area contributed by atoms with Gasteiger partial charge in [0, 0.05) is 74.9 Å². The van der Waals surface area contributed by atoms with Crippen LogP contribution in [0.2, 0.25) is 5.02 Å². The fraction of sp³-hybridized carbons (Fsp3) is 0.333. The Bertz CT molecular complexity index is 2440. The minimum Gasteiger partial charge on any atom is -0.481 e. The average Bonchev–Trinajstić information content (AvgIpc) is 3.30. The van der Waals surface area contributed by atoms with Crippen molar-refractivity contribution in [1.29, 1.82) is 0 Å². The zero-order valence-electron chi connectivity index (χ0n) is 37.4. The summed E-state index contributed by atoms with van der Waals surface area (Å²) in [5, 5.41) is 44.6. The van der Waals surface area contributed by atoms with Gasteiger partial charge in [-0.3, -0.25) is 9.59 Å². The van der Waals surface area contributed by atoms with Crippen LogP contribution in [0.5, 0.6) is 23.5 Å². The first-order valence-corrected chi connectivity index (χ1v) is 22.8. The molecule has 0 fully saturated rings. The number of nitrogens with zero attached hydrogens (tertiary/aromatic N) is 6. The number of benzene rings is 2. The number of hydrogen-bond donors (Lipinski definition) is 6. The highest BCUT2D eigenvalue weighted by Gasteiger charge is 2.19. The predicted octanol–water partition coefficient (Wildman–Crippen LogP) is 6.01. The van der Waals surface area contributed by atoms with Gasteiger partial charge in [-0.15, -0.1) is 0 Å². The van der Waals surface area contributed by atoms with Crippen molar-refractivity contribution in [3.63, 3.8) is 0 Å². The minimum atomic E-state index is -1.10. The largest absolute Gasteiger partial charge is 0.481 e. The summed E-state index contributed by atoms with van der Waals surface area (Å²) in [7, 11) is 0. The molecule has 6 N–H and O–H groups in total. The molecule has 0 unspecified atom stereocenters. The molecule has 0 saturated heterocycles. The number of aliphatic hydroxyl groups excluding tert-OH is 2. The van der Waals surface area contributed by atoms with Gasteiger partial charge in [0.15, 0.2) is 0 Å². The smallest absolute Gasteiger partial charge is 0.306 e. The summed E-state index contributed by atoms with van der Waals surface area (Å²) < 4.78 is 25.4. The lowest BCUT2D eigenvalue weighted by Gasteiger charge is -2.18. The van der Waals surface area contributed by atoms with Gasteiger partial charge in [-0.05, 0) is 86.4 Å². The van der Waals surface area contributed by atoms with Crippen molar-refractivity contribution in [3.05, 3.63) is 140 Å². The summed E-state index contributed by atoms with van der Waals surface area (Å²) in [4.78, 5) is 47.7. The van der Waals surface area contributed by atoms with E-state index in [0.717, 1.165) is 44.5 Å². The molecule has 4 aromatic heterocycles. The highest BCUT2D eigenvalue weighted by atomic mass is 79.9. The van der Waals surface area contributed by atoms with Gasteiger partial charge in [-0.2, -0.15) is 9.97 Å². The quantitative estimate of drug-likeness (QED) is 0.0346. The lowest BCUT2D eigenvalue weighted by Crippen LogP contribution is -2.28. The number of carbonyl (C=O) groups is 2. The van der Waals surface area contributed by atoms with Crippen LogP contribution in [0.3, 0.4) is 0 Å². The topological polar surface area (TPSA) is 253 Å². The molecular weight excluding hydrogens is 964 g/mol. The zero-order valence-corrected chi connectivity index (χ0v) is 39.7. The molecule has 0 radical (unpaired) electrons. The van der Waals surface area contributed by atoms with Crippen molar-refractivity contribution in [3.8, 4) is 34.6 Å². The van der Waals surface area contributed by atoms with Gasteiger partial charge in [0.1, 0.15) is 30.9 Å². The minimum absolute atomic E-state index is 0.0343. The molecule has 6 rings (SSSR count). The molecule has 6 aromatic rings. The van der Waals surface area contributed by atoms with Crippen molar-refractivity contribution >= 4 is 39.5 Å². The number of aromatic nitrogens is 6. The van der Waals surface area contributed by atoms with Crippen LogP contribution >= 0.6 is 27.5 Å². The number of halogens is 2. The first kappa shape index (κ1) is 51.0. The van der Waals surface area contributed by atoms with Crippen molar-refractivity contribution < 1.29 is 49.0 Å². The fourth-order valence-electron chi connectivity index (χ4n) is 6.99. The molecule has 2 aromatic carbocycles. The van der Waals surface area contributed by atoms with Gasteiger partial charge in [-0.25, -0.2) is 19.9 Å². The SMILES string of the molecule is Cc1c(COc2nc(OCCc3cncnc3)c(CNC[C@@H](O)CC(=O)O)cc2Cl)cccc1-c1cccc(COc2nc(OCCc3cncnc3)c(CNC[C@@H](O)CC(=O)O)cc2Br)c1C. The molecule has 0 aliphatic carbocycles. The predicted molar refractivity (Wildman–Crippen MR) is 254 cm³/mol. The first-order chi connectivity index (χ1) is 32.8. The van der Waals surface area contributed by atoms with Crippen LogP contribution in [0.25, 0.3) is 11.1 Å². The van der Waals surface area contributed by atoms with E-state index in [9.17, 15) is 19.8 Å². The van der Waals surface area contributed by atoms with E-state index < -0.39 is 30.6 Å². The zero-order chi connectivity index (χ0) is 48.4. The van der Waals surface area contributed by atoms with Gasteiger partial charge in [0.05, 0.1) is 42.7 Å². The second kappa shape index (κ2) is 25.7. The standard InChI is InChI=1S/C48H52BrClN8O10/c1-29-33(25-67-47-41(49)13-35(21-51-23-37(59)15-43(61)62)45(57-47)65-11-9-31-17-53-27-54-18-31)5-3-7-39(29)40-8-4-6-34(30(40)2)26-68-48-42(50)14-36(22-52-24-38(60)16-44(63)64)46(58-48)66-12-10-32-19-55-28-56-20-32/h3-8,13-14,17-20,27-28,37-38,51-52,59-60H,9-12,15-16,21-26H2,1-2H3,(H,61,62)(H,63,64)/t37-,38-/m0/s1. The van der Waals surface area contributed by atoms with Crippen molar-refractivity contribution in [2.75, 3.05) is 26.3 Å². The maximum atomic E-state index is 11.0. The first-order valence-electron chi connectivity index (χ1n) is 21.6. The number of pyridine rings is 2. The van der Waals surface area contributed by atoms with Gasteiger partial charge in [0.2, 0.25) is 23.5 Å². The van der Waals surface area contributed by atoms with Crippen molar-refractivity contribution in [2.24, 2.45) is 0 Å². The normalized spacial score (nSPS) is 12.0. The molecule has 0 aliphatic heterocycles.